The first-order valence-electron chi connectivity index (χ1n) is 8.98. The van der Waals surface area contributed by atoms with E-state index in [4.69, 9.17) is 5.11 Å². The molecule has 1 N–H and O–H groups in total. The Kier molecular flexibility index (Phi) is 3.37. The lowest BCUT2D eigenvalue weighted by Crippen LogP contribution is -2.06. The predicted octanol–water partition coefficient (Wildman–Crippen LogP) is 5.78. The summed E-state index contributed by atoms with van der Waals surface area (Å²) < 4.78 is 0. The molecule has 5 aromatic carbocycles. The van der Waals surface area contributed by atoms with E-state index in [1.165, 1.54) is 0 Å². The molecule has 5 aromatic rings. The lowest BCUT2D eigenvalue weighted by atomic mass is 9.86. The van der Waals surface area contributed by atoms with Gasteiger partial charge in [-0.3, -0.25) is 9.59 Å². The lowest BCUT2D eigenvalue weighted by molar-refractivity contribution is -0.136. The molecule has 0 spiro atoms. The number of ketones is 1. The van der Waals surface area contributed by atoms with E-state index in [9.17, 15) is 9.59 Å². The number of carbonyl (C=O) groups is 2. The molecule has 0 fully saturated rings. The van der Waals surface area contributed by atoms with E-state index in [2.05, 4.69) is 24.3 Å². The van der Waals surface area contributed by atoms with E-state index in [0.717, 1.165) is 43.1 Å². The highest BCUT2D eigenvalue weighted by Crippen LogP contribution is 2.41. The van der Waals surface area contributed by atoms with E-state index >= 15 is 0 Å². The quantitative estimate of drug-likeness (QED) is 0.253. The SMILES string of the molecule is O=C(O)CCC(=O)c1c2ccccc2c2ccc3cccc4ccc1c2c43. The van der Waals surface area contributed by atoms with Crippen LogP contribution < -0.4 is 0 Å². The Morgan fingerprint density at radius 3 is 2.00 bits per heavy atom. The van der Waals surface area contributed by atoms with Gasteiger partial charge in [-0.15, -0.1) is 0 Å². The maximum atomic E-state index is 13.0. The van der Waals surface area contributed by atoms with Crippen LogP contribution in [0.15, 0.2) is 66.7 Å². The van der Waals surface area contributed by atoms with E-state index in [-0.39, 0.29) is 18.6 Å². The van der Waals surface area contributed by atoms with Gasteiger partial charge in [0.1, 0.15) is 0 Å². The Balaban J connectivity index is 1.97. The minimum absolute atomic E-state index is 0.00327. The molecule has 3 heteroatoms. The predicted molar refractivity (Wildman–Crippen MR) is 109 cm³/mol. The second kappa shape index (κ2) is 5.78. The minimum atomic E-state index is -0.953. The van der Waals surface area contributed by atoms with Gasteiger partial charge in [-0.2, -0.15) is 0 Å². The van der Waals surface area contributed by atoms with Crippen LogP contribution in [0, 0.1) is 0 Å². The molecule has 0 aliphatic heterocycles. The number of rotatable bonds is 4. The Morgan fingerprint density at radius 1 is 0.630 bits per heavy atom. The summed E-state index contributed by atoms with van der Waals surface area (Å²) in [5.41, 5.74) is 0.637. The van der Waals surface area contributed by atoms with Crippen molar-refractivity contribution in [3.05, 3.63) is 72.3 Å². The van der Waals surface area contributed by atoms with Gasteiger partial charge >= 0.3 is 5.97 Å². The van der Waals surface area contributed by atoms with Crippen molar-refractivity contribution in [2.24, 2.45) is 0 Å². The molecule has 0 bridgehead atoms. The Morgan fingerprint density at radius 2 is 1.30 bits per heavy atom. The summed E-state index contributed by atoms with van der Waals surface area (Å²) in [4.78, 5) is 24.0. The highest BCUT2D eigenvalue weighted by Gasteiger charge is 2.20. The van der Waals surface area contributed by atoms with Gasteiger partial charge in [-0.1, -0.05) is 66.7 Å². The van der Waals surface area contributed by atoms with E-state index in [0.29, 0.717) is 5.56 Å². The van der Waals surface area contributed by atoms with E-state index in [1.54, 1.807) is 0 Å². The molecule has 0 aliphatic rings. The summed E-state index contributed by atoms with van der Waals surface area (Å²) >= 11 is 0. The molecule has 0 atom stereocenters. The summed E-state index contributed by atoms with van der Waals surface area (Å²) in [6.45, 7) is 0. The largest absolute Gasteiger partial charge is 0.481 e. The van der Waals surface area contributed by atoms with Gasteiger partial charge in [0.25, 0.3) is 0 Å². The number of benzene rings is 5. The number of hydrogen-bond donors (Lipinski definition) is 1. The minimum Gasteiger partial charge on any atom is -0.481 e. The highest BCUT2D eigenvalue weighted by molar-refractivity contribution is 6.34. The first-order valence-corrected chi connectivity index (χ1v) is 8.98. The van der Waals surface area contributed by atoms with Gasteiger partial charge in [0.05, 0.1) is 6.42 Å². The van der Waals surface area contributed by atoms with Crippen LogP contribution in [0.2, 0.25) is 0 Å². The second-order valence-corrected chi connectivity index (χ2v) is 6.92. The van der Waals surface area contributed by atoms with E-state index in [1.807, 2.05) is 42.5 Å². The molecule has 3 nitrogen and oxygen atoms in total. The molecular weight excluding hydrogens is 336 g/mol. The second-order valence-electron chi connectivity index (χ2n) is 6.92. The molecular formula is C24H16O3. The third kappa shape index (κ3) is 2.28. The van der Waals surface area contributed by atoms with Crippen molar-refractivity contribution in [3.8, 4) is 0 Å². The van der Waals surface area contributed by atoms with Gasteiger partial charge in [0.2, 0.25) is 0 Å². The molecule has 0 heterocycles. The highest BCUT2D eigenvalue weighted by atomic mass is 16.4. The first-order chi connectivity index (χ1) is 13.1. The van der Waals surface area contributed by atoms with Crippen LogP contribution >= 0.6 is 0 Å². The van der Waals surface area contributed by atoms with Gasteiger partial charge in [-0.25, -0.2) is 0 Å². The molecule has 0 radical (unpaired) electrons. The van der Waals surface area contributed by atoms with Crippen LogP contribution in [0.3, 0.4) is 0 Å². The monoisotopic (exact) mass is 352 g/mol. The third-order valence-electron chi connectivity index (χ3n) is 5.38. The van der Waals surface area contributed by atoms with Crippen molar-refractivity contribution >= 4 is 54.8 Å². The molecule has 0 aromatic heterocycles. The number of carboxylic acids is 1. The zero-order valence-corrected chi connectivity index (χ0v) is 14.5. The van der Waals surface area contributed by atoms with E-state index < -0.39 is 5.97 Å². The van der Waals surface area contributed by atoms with Crippen LogP contribution in [-0.4, -0.2) is 16.9 Å². The number of Topliss-reactive ketones (excluding diaryl/α,β-unsaturated/α-hetero) is 1. The smallest absolute Gasteiger partial charge is 0.303 e. The number of aliphatic carboxylic acids is 1. The summed E-state index contributed by atoms with van der Waals surface area (Å²) in [5.74, 6) is -1.07. The fraction of sp³-hybridized carbons (Fsp3) is 0.0833. The van der Waals surface area contributed by atoms with Crippen LogP contribution in [0.25, 0.3) is 43.1 Å². The molecule has 130 valence electrons. The molecule has 27 heavy (non-hydrogen) atoms. The van der Waals surface area contributed by atoms with Crippen molar-refractivity contribution in [2.45, 2.75) is 12.8 Å². The van der Waals surface area contributed by atoms with Crippen LogP contribution in [0.5, 0.6) is 0 Å². The third-order valence-corrected chi connectivity index (χ3v) is 5.38. The van der Waals surface area contributed by atoms with Crippen molar-refractivity contribution in [1.29, 1.82) is 0 Å². The van der Waals surface area contributed by atoms with Crippen molar-refractivity contribution in [2.75, 3.05) is 0 Å². The Hall–Kier alpha value is -3.46. The van der Waals surface area contributed by atoms with Crippen molar-refractivity contribution in [1.82, 2.24) is 0 Å². The Bertz CT molecular complexity index is 1350. The molecule has 0 amide bonds. The molecule has 5 rings (SSSR count). The van der Waals surface area contributed by atoms with Gasteiger partial charge in [0, 0.05) is 12.0 Å². The molecule has 0 aliphatic carbocycles. The maximum absolute atomic E-state index is 13.0. The van der Waals surface area contributed by atoms with Crippen molar-refractivity contribution in [3.63, 3.8) is 0 Å². The van der Waals surface area contributed by atoms with Crippen LogP contribution in [0.4, 0.5) is 0 Å². The van der Waals surface area contributed by atoms with Gasteiger partial charge in [0.15, 0.2) is 5.78 Å². The van der Waals surface area contributed by atoms with Gasteiger partial charge in [-0.05, 0) is 43.1 Å². The Labute approximate surface area is 155 Å². The van der Waals surface area contributed by atoms with Gasteiger partial charge < -0.3 is 5.11 Å². The maximum Gasteiger partial charge on any atom is 0.303 e. The summed E-state index contributed by atoms with van der Waals surface area (Å²) in [7, 11) is 0. The molecule has 0 saturated heterocycles. The van der Waals surface area contributed by atoms with Crippen LogP contribution in [0.1, 0.15) is 23.2 Å². The number of hydrogen-bond acceptors (Lipinski definition) is 2. The number of carbonyl (C=O) groups excluding carboxylic acids is 1. The summed E-state index contributed by atoms with van der Waals surface area (Å²) in [6, 6.07) is 22.4. The number of carboxylic acid groups (broad SMARTS) is 1. The average molecular weight is 352 g/mol. The fourth-order valence-electron chi connectivity index (χ4n) is 4.24. The molecule has 0 unspecified atom stereocenters. The standard InChI is InChI=1S/C24H16O3/c25-20(12-13-21(26)27)23-17-7-2-1-6-16(17)18-10-8-14-4-3-5-15-9-11-19(23)24(18)22(14)15/h1-11H,12-13H2,(H,26,27). The summed E-state index contributed by atoms with van der Waals surface area (Å²) in [5, 5.41) is 17.5. The lowest BCUT2D eigenvalue weighted by Gasteiger charge is -2.17. The first kappa shape index (κ1) is 15.8. The fourth-order valence-corrected chi connectivity index (χ4v) is 4.24. The molecule has 0 saturated carbocycles. The summed E-state index contributed by atoms with van der Waals surface area (Å²) in [6.07, 6.45) is -0.154. The topological polar surface area (TPSA) is 54.4 Å². The van der Waals surface area contributed by atoms with Crippen molar-refractivity contribution < 1.29 is 14.7 Å². The zero-order valence-electron chi connectivity index (χ0n) is 14.5. The average Bonchev–Trinajstić information content (AvgIpc) is 2.69. The van der Waals surface area contributed by atoms with Crippen LogP contribution in [-0.2, 0) is 4.79 Å². The zero-order chi connectivity index (χ0) is 18.5. The number of fused-ring (bicyclic) bond motifs is 2. The normalized spacial score (nSPS) is 11.7.